The molecule has 1 aliphatic heterocycles. The first-order chi connectivity index (χ1) is 17.4. The van der Waals surface area contributed by atoms with E-state index in [9.17, 15) is 4.79 Å². The predicted octanol–water partition coefficient (Wildman–Crippen LogP) is 5.56. The van der Waals surface area contributed by atoms with Gasteiger partial charge in [0.25, 0.3) is 5.91 Å². The Morgan fingerprint density at radius 2 is 1.61 bits per heavy atom. The van der Waals surface area contributed by atoms with Crippen LogP contribution in [0.4, 0.5) is 5.69 Å². The Hall–Kier alpha value is -3.67. The van der Waals surface area contributed by atoms with Crippen LogP contribution in [-0.4, -0.2) is 50.7 Å². The summed E-state index contributed by atoms with van der Waals surface area (Å²) < 4.78 is 17.6. The van der Waals surface area contributed by atoms with Gasteiger partial charge in [0, 0.05) is 37.3 Å². The molecule has 1 amide bonds. The Bertz CT molecular complexity index is 1220. The lowest BCUT2D eigenvalue weighted by molar-refractivity contribution is 0.0746. The van der Waals surface area contributed by atoms with E-state index in [4.69, 9.17) is 14.2 Å². The molecule has 1 heterocycles. The Labute approximate surface area is 214 Å². The Morgan fingerprint density at radius 3 is 2.33 bits per heavy atom. The highest BCUT2D eigenvalue weighted by Gasteiger charge is 2.24. The van der Waals surface area contributed by atoms with Crippen molar-refractivity contribution >= 4 is 11.6 Å². The monoisotopic (exact) mass is 488 g/mol. The number of nitrogens with zero attached hydrogens (tertiary/aromatic N) is 2. The number of aryl methyl sites for hydroxylation is 2. The van der Waals surface area contributed by atoms with E-state index >= 15 is 0 Å². The number of hydrogen-bond acceptors (Lipinski definition) is 5. The molecule has 0 aromatic heterocycles. The summed E-state index contributed by atoms with van der Waals surface area (Å²) in [5.41, 5.74) is 6.07. The van der Waals surface area contributed by atoms with E-state index in [1.165, 1.54) is 5.56 Å². The summed E-state index contributed by atoms with van der Waals surface area (Å²) in [4.78, 5) is 17.6. The highest BCUT2D eigenvalue weighted by molar-refractivity contribution is 5.94. The van der Waals surface area contributed by atoms with Crippen LogP contribution in [0.1, 0.15) is 39.5 Å². The summed E-state index contributed by atoms with van der Waals surface area (Å²) in [5.74, 6) is 2.49. The molecular weight excluding hydrogens is 452 g/mol. The van der Waals surface area contributed by atoms with Crippen molar-refractivity contribution in [3.8, 4) is 17.2 Å². The van der Waals surface area contributed by atoms with Crippen LogP contribution in [0.2, 0.25) is 0 Å². The van der Waals surface area contributed by atoms with E-state index in [2.05, 4.69) is 43.9 Å². The van der Waals surface area contributed by atoms with Crippen molar-refractivity contribution in [2.24, 2.45) is 0 Å². The lowest BCUT2D eigenvalue weighted by Gasteiger charge is -2.36. The van der Waals surface area contributed by atoms with Gasteiger partial charge in [0.2, 0.25) is 0 Å². The normalized spacial score (nSPS) is 13.5. The van der Waals surface area contributed by atoms with Crippen LogP contribution in [0.15, 0.2) is 54.6 Å². The first kappa shape index (κ1) is 25.4. The lowest BCUT2D eigenvalue weighted by atomic mass is 10.1. The van der Waals surface area contributed by atoms with Gasteiger partial charge in [-0.15, -0.1) is 0 Å². The van der Waals surface area contributed by atoms with Crippen molar-refractivity contribution in [2.45, 2.75) is 34.3 Å². The van der Waals surface area contributed by atoms with E-state index in [1.807, 2.05) is 48.2 Å². The molecule has 0 atom stereocenters. The number of piperazine rings is 1. The molecule has 0 saturated carbocycles. The smallest absolute Gasteiger partial charge is 0.253 e. The number of ether oxygens (including phenoxy) is 3. The predicted molar refractivity (Wildman–Crippen MR) is 144 cm³/mol. The zero-order valence-electron chi connectivity index (χ0n) is 22.0. The molecule has 0 N–H and O–H groups in total. The molecule has 3 aromatic carbocycles. The second kappa shape index (κ2) is 11.4. The summed E-state index contributed by atoms with van der Waals surface area (Å²) in [6, 6.07) is 17.9. The van der Waals surface area contributed by atoms with Crippen molar-refractivity contribution in [3.05, 3.63) is 82.4 Å². The molecule has 1 saturated heterocycles. The summed E-state index contributed by atoms with van der Waals surface area (Å²) in [5, 5.41) is 0. The molecule has 1 fully saturated rings. The molecule has 0 radical (unpaired) electrons. The minimum atomic E-state index is 0.0292. The van der Waals surface area contributed by atoms with Crippen LogP contribution in [0, 0.1) is 20.8 Å². The van der Waals surface area contributed by atoms with Crippen LogP contribution >= 0.6 is 0 Å². The highest BCUT2D eigenvalue weighted by Crippen LogP contribution is 2.30. The molecule has 1 aliphatic rings. The van der Waals surface area contributed by atoms with Gasteiger partial charge in [0.05, 0.1) is 19.4 Å². The maximum Gasteiger partial charge on any atom is 0.253 e. The van der Waals surface area contributed by atoms with Crippen molar-refractivity contribution < 1.29 is 19.0 Å². The molecule has 0 bridgehead atoms. The number of carbonyl (C=O) groups is 1. The number of benzene rings is 3. The van der Waals surface area contributed by atoms with Crippen molar-refractivity contribution in [1.82, 2.24) is 4.90 Å². The Balaban J connectivity index is 1.47. The fourth-order valence-corrected chi connectivity index (χ4v) is 4.65. The van der Waals surface area contributed by atoms with Crippen LogP contribution in [0.5, 0.6) is 17.2 Å². The van der Waals surface area contributed by atoms with Gasteiger partial charge in [-0.3, -0.25) is 4.79 Å². The van der Waals surface area contributed by atoms with Gasteiger partial charge < -0.3 is 24.0 Å². The third-order valence-corrected chi connectivity index (χ3v) is 6.75. The third kappa shape index (κ3) is 5.59. The molecule has 0 unspecified atom stereocenters. The number of amides is 1. The average Bonchev–Trinajstić information content (AvgIpc) is 2.90. The van der Waals surface area contributed by atoms with Gasteiger partial charge in [0.15, 0.2) is 0 Å². The number of hydrogen-bond donors (Lipinski definition) is 0. The number of rotatable bonds is 8. The molecule has 6 nitrogen and oxygen atoms in total. The molecule has 0 spiro atoms. The fourth-order valence-electron chi connectivity index (χ4n) is 4.65. The topological polar surface area (TPSA) is 51.2 Å². The summed E-state index contributed by atoms with van der Waals surface area (Å²) in [6.45, 7) is 11.9. The van der Waals surface area contributed by atoms with Gasteiger partial charge in [-0.2, -0.15) is 0 Å². The lowest BCUT2D eigenvalue weighted by Crippen LogP contribution is -2.48. The van der Waals surface area contributed by atoms with Crippen molar-refractivity contribution in [2.75, 3.05) is 44.8 Å². The van der Waals surface area contributed by atoms with Crippen LogP contribution in [0.3, 0.4) is 0 Å². The number of carbonyl (C=O) groups excluding carboxylic acids is 1. The average molecular weight is 489 g/mol. The molecule has 4 rings (SSSR count). The largest absolute Gasteiger partial charge is 0.495 e. The standard InChI is InChI=1S/C30H36N2O4/c1-6-35-27-12-11-24(19-25(27)20-36-29-18-21(2)17-22(3)23(29)4)30(33)32-15-13-31(14-16-32)26-9-7-8-10-28(26)34-5/h7-12,17-19H,6,13-16,20H2,1-5H3. The van der Waals surface area contributed by atoms with Crippen LogP contribution in [0.25, 0.3) is 0 Å². The number of anilines is 1. The Kier molecular flexibility index (Phi) is 8.04. The third-order valence-electron chi connectivity index (χ3n) is 6.75. The van der Waals surface area contributed by atoms with Gasteiger partial charge in [-0.25, -0.2) is 0 Å². The molecule has 6 heteroatoms. The number of para-hydroxylation sites is 2. The van der Waals surface area contributed by atoms with E-state index in [0.717, 1.165) is 52.7 Å². The maximum absolute atomic E-state index is 13.4. The first-order valence-corrected chi connectivity index (χ1v) is 12.5. The zero-order valence-corrected chi connectivity index (χ0v) is 22.0. The second-order valence-corrected chi connectivity index (χ2v) is 9.20. The zero-order chi connectivity index (χ0) is 25.7. The minimum absolute atomic E-state index is 0.0292. The fraction of sp³-hybridized carbons (Fsp3) is 0.367. The molecule has 0 aliphatic carbocycles. The first-order valence-electron chi connectivity index (χ1n) is 12.5. The summed E-state index contributed by atoms with van der Waals surface area (Å²) >= 11 is 0. The van der Waals surface area contributed by atoms with E-state index in [0.29, 0.717) is 31.9 Å². The molecule has 3 aromatic rings. The van der Waals surface area contributed by atoms with Crippen molar-refractivity contribution in [1.29, 1.82) is 0 Å². The minimum Gasteiger partial charge on any atom is -0.495 e. The molecule has 190 valence electrons. The molecular formula is C30H36N2O4. The Morgan fingerprint density at radius 1 is 0.861 bits per heavy atom. The van der Waals surface area contributed by atoms with Gasteiger partial charge in [-0.05, 0) is 80.8 Å². The van der Waals surface area contributed by atoms with E-state index in [1.54, 1.807) is 7.11 Å². The summed E-state index contributed by atoms with van der Waals surface area (Å²) in [6.07, 6.45) is 0. The second-order valence-electron chi connectivity index (χ2n) is 9.20. The summed E-state index contributed by atoms with van der Waals surface area (Å²) in [7, 11) is 1.69. The molecule has 36 heavy (non-hydrogen) atoms. The van der Waals surface area contributed by atoms with E-state index in [-0.39, 0.29) is 5.91 Å². The van der Waals surface area contributed by atoms with Gasteiger partial charge >= 0.3 is 0 Å². The van der Waals surface area contributed by atoms with Crippen LogP contribution in [-0.2, 0) is 6.61 Å². The quantitative estimate of drug-likeness (QED) is 0.416. The van der Waals surface area contributed by atoms with Crippen molar-refractivity contribution in [3.63, 3.8) is 0 Å². The van der Waals surface area contributed by atoms with E-state index < -0.39 is 0 Å². The highest BCUT2D eigenvalue weighted by atomic mass is 16.5. The van der Waals surface area contributed by atoms with Gasteiger partial charge in [-0.1, -0.05) is 18.2 Å². The van der Waals surface area contributed by atoms with Gasteiger partial charge in [0.1, 0.15) is 23.9 Å². The van der Waals surface area contributed by atoms with Crippen LogP contribution < -0.4 is 19.1 Å². The SMILES string of the molecule is CCOc1ccc(C(=O)N2CCN(c3ccccc3OC)CC2)cc1COc1cc(C)cc(C)c1C. The number of methoxy groups -OCH3 is 1. The maximum atomic E-state index is 13.4.